The molecule has 0 radical (unpaired) electrons. The van der Waals surface area contributed by atoms with Crippen LogP contribution >= 0.6 is 0 Å². The fraction of sp³-hybridized carbons (Fsp3) is 0.267. The Morgan fingerprint density at radius 3 is 2.49 bits per heavy atom. The molecule has 4 rings (SSSR count). The topological polar surface area (TPSA) is 77.7 Å². The molecular formula is C30H34N4O3. The van der Waals surface area contributed by atoms with Crippen molar-refractivity contribution in [3.8, 4) is 5.75 Å². The number of H-pyrrole nitrogens is 1. The summed E-state index contributed by atoms with van der Waals surface area (Å²) in [7, 11) is 1.58. The second kappa shape index (κ2) is 12.1. The first-order valence-electron chi connectivity index (χ1n) is 12.5. The third-order valence-corrected chi connectivity index (χ3v) is 6.41. The predicted octanol–water partition coefficient (Wildman–Crippen LogP) is 5.69. The van der Waals surface area contributed by atoms with Crippen LogP contribution in [0.15, 0.2) is 85.1 Å². The minimum Gasteiger partial charge on any atom is -0.497 e. The zero-order valence-corrected chi connectivity index (χ0v) is 21.6. The number of nitrogens with zero attached hydrogens (tertiary/aromatic N) is 2. The van der Waals surface area contributed by atoms with E-state index in [4.69, 9.17) is 4.74 Å². The molecule has 0 fully saturated rings. The van der Waals surface area contributed by atoms with E-state index < -0.39 is 0 Å². The number of nitrogens with one attached hydrogen (secondary N) is 2. The van der Waals surface area contributed by atoms with Crippen molar-refractivity contribution in [2.75, 3.05) is 25.5 Å². The first-order valence-corrected chi connectivity index (χ1v) is 12.5. The quantitative estimate of drug-likeness (QED) is 0.295. The normalized spacial score (nSPS) is 10.9. The highest BCUT2D eigenvalue weighted by Crippen LogP contribution is 2.20. The lowest BCUT2D eigenvalue weighted by atomic mass is 10.1. The summed E-state index contributed by atoms with van der Waals surface area (Å²) in [6.07, 6.45) is 2.72. The number of carbonyl (C=O) groups is 2. The van der Waals surface area contributed by atoms with Gasteiger partial charge in [0.15, 0.2) is 0 Å². The van der Waals surface area contributed by atoms with Crippen molar-refractivity contribution in [1.82, 2.24) is 14.8 Å². The molecule has 1 heterocycles. The van der Waals surface area contributed by atoms with E-state index in [1.165, 1.54) is 0 Å². The standard InChI is InChI=1S/C30H34N4O3/c1-22(2)34(30(36)32-25-12-9-13-26(18-25)37-3)21-29(35)33(20-23-10-5-4-6-11-23)17-16-24-19-31-28-15-8-7-14-27(24)28/h4-15,18-19,22,31H,16-17,20-21H2,1-3H3,(H,32,36). The van der Waals surface area contributed by atoms with Gasteiger partial charge >= 0.3 is 6.03 Å². The molecule has 2 N–H and O–H groups in total. The molecule has 0 saturated carbocycles. The Kier molecular flexibility index (Phi) is 8.46. The average molecular weight is 499 g/mol. The van der Waals surface area contributed by atoms with Gasteiger partial charge < -0.3 is 24.8 Å². The average Bonchev–Trinajstić information content (AvgIpc) is 3.33. The highest BCUT2D eigenvalue weighted by molar-refractivity contribution is 5.92. The Bertz CT molecular complexity index is 1330. The largest absolute Gasteiger partial charge is 0.497 e. The van der Waals surface area contributed by atoms with E-state index in [1.54, 1.807) is 24.1 Å². The third kappa shape index (κ3) is 6.70. The van der Waals surface area contributed by atoms with Crippen LogP contribution < -0.4 is 10.1 Å². The maximum atomic E-state index is 13.6. The fourth-order valence-corrected chi connectivity index (χ4v) is 4.32. The number of fused-ring (bicyclic) bond motifs is 1. The van der Waals surface area contributed by atoms with Crippen LogP contribution in [0.3, 0.4) is 0 Å². The molecule has 0 atom stereocenters. The number of methoxy groups -OCH3 is 1. The van der Waals surface area contributed by atoms with Crippen LogP contribution in [0, 0.1) is 0 Å². The molecule has 0 spiro atoms. The monoisotopic (exact) mass is 498 g/mol. The number of hydrogen-bond acceptors (Lipinski definition) is 3. The molecule has 0 bridgehead atoms. The number of aromatic nitrogens is 1. The molecule has 4 aromatic rings. The molecule has 37 heavy (non-hydrogen) atoms. The molecule has 0 unspecified atom stereocenters. The van der Waals surface area contributed by atoms with Gasteiger partial charge in [0.2, 0.25) is 5.91 Å². The summed E-state index contributed by atoms with van der Waals surface area (Å²) < 4.78 is 5.25. The smallest absolute Gasteiger partial charge is 0.322 e. The number of amides is 3. The van der Waals surface area contributed by atoms with E-state index in [1.807, 2.05) is 85.6 Å². The number of urea groups is 1. The molecule has 7 heteroatoms. The molecular weight excluding hydrogens is 464 g/mol. The van der Waals surface area contributed by atoms with Crippen LogP contribution in [-0.2, 0) is 17.8 Å². The Hall–Kier alpha value is -4.26. The van der Waals surface area contributed by atoms with Gasteiger partial charge in [-0.15, -0.1) is 0 Å². The first-order chi connectivity index (χ1) is 17.9. The van der Waals surface area contributed by atoms with Crippen LogP contribution in [0.5, 0.6) is 5.75 Å². The molecule has 7 nitrogen and oxygen atoms in total. The summed E-state index contributed by atoms with van der Waals surface area (Å²) in [5.41, 5.74) is 3.91. The van der Waals surface area contributed by atoms with Crippen LogP contribution in [-0.4, -0.2) is 53.0 Å². The number of benzene rings is 3. The number of para-hydroxylation sites is 1. The van der Waals surface area contributed by atoms with Crippen molar-refractivity contribution < 1.29 is 14.3 Å². The van der Waals surface area contributed by atoms with E-state index in [0.717, 1.165) is 22.0 Å². The lowest BCUT2D eigenvalue weighted by Gasteiger charge is -2.30. The number of carbonyl (C=O) groups excluding carboxylic acids is 2. The van der Waals surface area contributed by atoms with Crippen LogP contribution in [0.25, 0.3) is 10.9 Å². The first kappa shape index (κ1) is 25.8. The van der Waals surface area contributed by atoms with E-state index in [0.29, 0.717) is 30.9 Å². The van der Waals surface area contributed by atoms with Crippen molar-refractivity contribution in [1.29, 1.82) is 0 Å². The van der Waals surface area contributed by atoms with Gasteiger partial charge in [-0.3, -0.25) is 4.79 Å². The van der Waals surface area contributed by atoms with Crippen LogP contribution in [0.4, 0.5) is 10.5 Å². The Morgan fingerprint density at radius 2 is 1.73 bits per heavy atom. The number of anilines is 1. The van der Waals surface area contributed by atoms with Gasteiger partial charge in [-0.05, 0) is 49.6 Å². The number of aromatic amines is 1. The van der Waals surface area contributed by atoms with Crippen molar-refractivity contribution in [3.05, 3.63) is 96.2 Å². The molecule has 0 aliphatic rings. The van der Waals surface area contributed by atoms with E-state index in [2.05, 4.69) is 16.4 Å². The molecule has 3 aromatic carbocycles. The minimum absolute atomic E-state index is 0.0197. The highest BCUT2D eigenvalue weighted by atomic mass is 16.5. The molecule has 0 saturated heterocycles. The second-order valence-electron chi connectivity index (χ2n) is 9.29. The minimum atomic E-state index is -0.326. The highest BCUT2D eigenvalue weighted by Gasteiger charge is 2.24. The van der Waals surface area contributed by atoms with Gasteiger partial charge in [0.25, 0.3) is 0 Å². The summed E-state index contributed by atoms with van der Waals surface area (Å²) in [5, 5.41) is 4.06. The van der Waals surface area contributed by atoms with Gasteiger partial charge in [0.05, 0.1) is 7.11 Å². The van der Waals surface area contributed by atoms with Crippen molar-refractivity contribution in [2.24, 2.45) is 0 Å². The SMILES string of the molecule is COc1cccc(NC(=O)N(CC(=O)N(CCc2c[nH]c3ccccc23)Cc2ccccc2)C(C)C)c1. The molecule has 0 aliphatic heterocycles. The van der Waals surface area contributed by atoms with Crippen molar-refractivity contribution in [2.45, 2.75) is 32.9 Å². The lowest BCUT2D eigenvalue weighted by Crippen LogP contribution is -2.47. The zero-order chi connectivity index (χ0) is 26.2. The van der Waals surface area contributed by atoms with Crippen molar-refractivity contribution >= 4 is 28.5 Å². The van der Waals surface area contributed by atoms with Gasteiger partial charge in [0.1, 0.15) is 12.3 Å². The molecule has 0 aliphatic carbocycles. The lowest BCUT2D eigenvalue weighted by molar-refractivity contribution is -0.132. The summed E-state index contributed by atoms with van der Waals surface area (Å²) >= 11 is 0. The van der Waals surface area contributed by atoms with Gasteiger partial charge in [0, 0.05) is 48.0 Å². The Morgan fingerprint density at radius 1 is 0.973 bits per heavy atom. The van der Waals surface area contributed by atoms with Gasteiger partial charge in [-0.1, -0.05) is 54.6 Å². The maximum absolute atomic E-state index is 13.6. The predicted molar refractivity (Wildman–Crippen MR) is 148 cm³/mol. The van der Waals surface area contributed by atoms with Crippen LogP contribution in [0.2, 0.25) is 0 Å². The summed E-state index contributed by atoms with van der Waals surface area (Å²) in [6, 6.07) is 24.8. The Balaban J connectivity index is 1.49. The van der Waals surface area contributed by atoms with E-state index in [-0.39, 0.29) is 24.5 Å². The maximum Gasteiger partial charge on any atom is 0.322 e. The van der Waals surface area contributed by atoms with E-state index >= 15 is 0 Å². The fourth-order valence-electron chi connectivity index (χ4n) is 4.32. The molecule has 192 valence electrons. The zero-order valence-electron chi connectivity index (χ0n) is 21.6. The van der Waals surface area contributed by atoms with E-state index in [9.17, 15) is 9.59 Å². The van der Waals surface area contributed by atoms with Gasteiger partial charge in [-0.25, -0.2) is 4.79 Å². The number of ether oxygens (including phenoxy) is 1. The van der Waals surface area contributed by atoms with Gasteiger partial charge in [-0.2, -0.15) is 0 Å². The Labute approximate surface area is 218 Å². The molecule has 3 amide bonds. The summed E-state index contributed by atoms with van der Waals surface area (Å²) in [5.74, 6) is 0.550. The molecule has 1 aromatic heterocycles. The third-order valence-electron chi connectivity index (χ3n) is 6.41. The van der Waals surface area contributed by atoms with Crippen molar-refractivity contribution in [3.63, 3.8) is 0 Å². The summed E-state index contributed by atoms with van der Waals surface area (Å²) in [4.78, 5) is 33.5. The number of rotatable bonds is 10. The second-order valence-corrected chi connectivity index (χ2v) is 9.29. The van der Waals surface area contributed by atoms with Crippen LogP contribution in [0.1, 0.15) is 25.0 Å². The number of hydrogen-bond donors (Lipinski definition) is 2. The summed E-state index contributed by atoms with van der Waals surface area (Å²) in [6.45, 7) is 4.82.